The van der Waals surface area contributed by atoms with Crippen molar-refractivity contribution >= 4 is 5.96 Å². The van der Waals surface area contributed by atoms with Gasteiger partial charge in [-0.3, -0.25) is 4.99 Å². The van der Waals surface area contributed by atoms with Crippen molar-refractivity contribution in [1.82, 2.24) is 15.6 Å². The summed E-state index contributed by atoms with van der Waals surface area (Å²) in [5, 5.41) is 6.71. The third-order valence-electron chi connectivity index (χ3n) is 5.77. The topological polar surface area (TPSA) is 77.0 Å². The molecule has 1 aliphatic carbocycles. The molecule has 0 aromatic carbocycles. The van der Waals surface area contributed by atoms with Gasteiger partial charge >= 0.3 is 0 Å². The van der Waals surface area contributed by atoms with E-state index in [2.05, 4.69) is 20.6 Å². The molecule has 7 heteroatoms. The molecular formula is C23H38N4O3. The quantitative estimate of drug-likeness (QED) is 0.345. The van der Waals surface area contributed by atoms with E-state index in [0.29, 0.717) is 18.6 Å². The van der Waals surface area contributed by atoms with Gasteiger partial charge < -0.3 is 24.8 Å². The molecule has 0 amide bonds. The molecule has 0 spiro atoms. The molecule has 1 aliphatic heterocycles. The third kappa shape index (κ3) is 8.48. The molecule has 0 radical (unpaired) electrons. The van der Waals surface area contributed by atoms with Crippen molar-refractivity contribution in [2.75, 3.05) is 40.0 Å². The second-order valence-electron chi connectivity index (χ2n) is 8.22. The number of rotatable bonds is 10. The van der Waals surface area contributed by atoms with Crippen molar-refractivity contribution < 1.29 is 14.2 Å². The van der Waals surface area contributed by atoms with E-state index in [-0.39, 0.29) is 0 Å². The minimum Gasteiger partial charge on any atom is -0.474 e. The van der Waals surface area contributed by atoms with Crippen LogP contribution in [0.2, 0.25) is 0 Å². The Kier molecular flexibility index (Phi) is 10.2. The molecule has 1 aromatic rings. The van der Waals surface area contributed by atoms with Gasteiger partial charge in [-0.25, -0.2) is 4.98 Å². The lowest BCUT2D eigenvalue weighted by Crippen LogP contribution is -2.37. The van der Waals surface area contributed by atoms with Crippen molar-refractivity contribution in [2.24, 2.45) is 10.9 Å². The van der Waals surface area contributed by atoms with Gasteiger partial charge in [0.2, 0.25) is 5.88 Å². The highest BCUT2D eigenvalue weighted by Gasteiger charge is 2.15. The van der Waals surface area contributed by atoms with Gasteiger partial charge in [-0.05, 0) is 62.5 Å². The Bertz CT molecular complexity index is 629. The van der Waals surface area contributed by atoms with E-state index in [1.807, 2.05) is 18.3 Å². The number of nitrogens with zero attached hydrogens (tertiary/aromatic N) is 2. The van der Waals surface area contributed by atoms with E-state index in [1.54, 1.807) is 7.05 Å². The van der Waals surface area contributed by atoms with Gasteiger partial charge in [0, 0.05) is 58.8 Å². The monoisotopic (exact) mass is 418 g/mol. The van der Waals surface area contributed by atoms with Crippen molar-refractivity contribution in [2.45, 2.75) is 64.0 Å². The van der Waals surface area contributed by atoms with Crippen LogP contribution in [0.1, 0.15) is 56.9 Å². The van der Waals surface area contributed by atoms with Crippen LogP contribution in [0.25, 0.3) is 0 Å². The molecule has 1 aromatic heterocycles. The fraction of sp³-hybridized carbons (Fsp3) is 0.739. The Labute approximate surface area is 181 Å². The summed E-state index contributed by atoms with van der Waals surface area (Å²) in [6, 6.07) is 4.04. The van der Waals surface area contributed by atoms with Crippen molar-refractivity contribution in [3.05, 3.63) is 23.9 Å². The van der Waals surface area contributed by atoms with Gasteiger partial charge in [0.15, 0.2) is 5.96 Å². The van der Waals surface area contributed by atoms with Crippen molar-refractivity contribution in [1.29, 1.82) is 0 Å². The highest BCUT2D eigenvalue weighted by atomic mass is 16.5. The van der Waals surface area contributed by atoms with E-state index in [0.717, 1.165) is 82.5 Å². The second-order valence-corrected chi connectivity index (χ2v) is 8.22. The molecule has 7 nitrogen and oxygen atoms in total. The van der Waals surface area contributed by atoms with Gasteiger partial charge in [0.1, 0.15) is 6.10 Å². The third-order valence-corrected chi connectivity index (χ3v) is 5.77. The first-order valence-corrected chi connectivity index (χ1v) is 11.5. The summed E-state index contributed by atoms with van der Waals surface area (Å²) in [6.45, 7) is 4.90. The van der Waals surface area contributed by atoms with Crippen LogP contribution in [0.15, 0.2) is 23.3 Å². The van der Waals surface area contributed by atoms with E-state index < -0.39 is 0 Å². The fourth-order valence-corrected chi connectivity index (χ4v) is 3.93. The van der Waals surface area contributed by atoms with E-state index >= 15 is 0 Å². The van der Waals surface area contributed by atoms with Gasteiger partial charge in [0.05, 0.1) is 0 Å². The molecule has 2 N–H and O–H groups in total. The summed E-state index contributed by atoms with van der Waals surface area (Å²) in [6.07, 6.45) is 11.5. The number of guanidine groups is 1. The first kappa shape index (κ1) is 22.8. The Morgan fingerprint density at radius 3 is 2.80 bits per heavy atom. The van der Waals surface area contributed by atoms with Gasteiger partial charge in [0.25, 0.3) is 0 Å². The van der Waals surface area contributed by atoms with Crippen LogP contribution in [0, 0.1) is 5.92 Å². The lowest BCUT2D eigenvalue weighted by molar-refractivity contribution is 0.0203. The summed E-state index contributed by atoms with van der Waals surface area (Å²) in [5.74, 6) is 2.19. The molecule has 168 valence electrons. The van der Waals surface area contributed by atoms with Crippen LogP contribution in [-0.2, 0) is 16.0 Å². The van der Waals surface area contributed by atoms with Crippen LogP contribution < -0.4 is 15.4 Å². The smallest absolute Gasteiger partial charge is 0.213 e. The highest BCUT2D eigenvalue weighted by Crippen LogP contribution is 2.22. The molecule has 2 aliphatic rings. The Morgan fingerprint density at radius 2 is 2.00 bits per heavy atom. The molecular weight excluding hydrogens is 380 g/mol. The molecule has 1 saturated heterocycles. The Balaban J connectivity index is 1.29. The molecule has 1 saturated carbocycles. The first-order chi connectivity index (χ1) is 14.8. The number of hydrogen-bond donors (Lipinski definition) is 2. The lowest BCUT2D eigenvalue weighted by atomic mass is 9.98. The summed E-state index contributed by atoms with van der Waals surface area (Å²) < 4.78 is 17.3. The van der Waals surface area contributed by atoms with E-state index in [4.69, 9.17) is 14.2 Å². The number of nitrogens with one attached hydrogen (secondary N) is 2. The van der Waals surface area contributed by atoms with Crippen molar-refractivity contribution in [3.63, 3.8) is 0 Å². The predicted octanol–water partition coefficient (Wildman–Crippen LogP) is 3.29. The number of aliphatic imine (C=N–C) groups is 1. The maximum absolute atomic E-state index is 6.07. The average molecular weight is 419 g/mol. The van der Waals surface area contributed by atoms with Gasteiger partial charge in [-0.2, -0.15) is 0 Å². The first-order valence-electron chi connectivity index (χ1n) is 11.5. The van der Waals surface area contributed by atoms with Gasteiger partial charge in [-0.1, -0.05) is 6.42 Å². The van der Waals surface area contributed by atoms with Crippen LogP contribution in [0.5, 0.6) is 5.88 Å². The minimum absolute atomic E-state index is 0.317. The summed E-state index contributed by atoms with van der Waals surface area (Å²) in [7, 11) is 1.79. The van der Waals surface area contributed by atoms with E-state index in [9.17, 15) is 0 Å². The normalized spacial score (nSPS) is 18.9. The summed E-state index contributed by atoms with van der Waals surface area (Å²) >= 11 is 0. The molecule has 0 atom stereocenters. The predicted molar refractivity (Wildman–Crippen MR) is 119 cm³/mol. The second kappa shape index (κ2) is 13.4. The number of aromatic nitrogens is 1. The zero-order valence-electron chi connectivity index (χ0n) is 18.4. The van der Waals surface area contributed by atoms with Gasteiger partial charge in [-0.15, -0.1) is 0 Å². The minimum atomic E-state index is 0.317. The van der Waals surface area contributed by atoms with E-state index in [1.165, 1.54) is 19.3 Å². The molecule has 3 rings (SSSR count). The Hall–Kier alpha value is -1.86. The SMILES string of the molecule is CN=C(NCCCOCC1CCOCC1)NCc1ccnc(OC2CCCCC2)c1. The summed E-state index contributed by atoms with van der Waals surface area (Å²) in [4.78, 5) is 8.68. The van der Waals surface area contributed by atoms with Crippen LogP contribution in [-0.4, -0.2) is 57.1 Å². The zero-order valence-corrected chi connectivity index (χ0v) is 18.4. The number of pyridine rings is 1. The number of ether oxygens (including phenoxy) is 3. The molecule has 2 heterocycles. The number of hydrogen-bond acceptors (Lipinski definition) is 5. The van der Waals surface area contributed by atoms with Crippen LogP contribution >= 0.6 is 0 Å². The molecule has 2 fully saturated rings. The highest BCUT2D eigenvalue weighted by molar-refractivity contribution is 5.79. The fourth-order valence-electron chi connectivity index (χ4n) is 3.93. The molecule has 30 heavy (non-hydrogen) atoms. The standard InChI is InChI=1S/C23H38N4O3/c1-24-23(26-11-5-13-29-18-19-9-14-28-15-10-19)27-17-20-8-12-25-22(16-20)30-21-6-3-2-4-7-21/h8,12,16,19,21H,2-7,9-11,13-15,17-18H2,1H3,(H2,24,26,27). The van der Waals surface area contributed by atoms with Crippen LogP contribution in [0.4, 0.5) is 0 Å². The van der Waals surface area contributed by atoms with Crippen LogP contribution in [0.3, 0.4) is 0 Å². The lowest BCUT2D eigenvalue weighted by Gasteiger charge is -2.22. The average Bonchev–Trinajstić information content (AvgIpc) is 2.80. The maximum Gasteiger partial charge on any atom is 0.213 e. The largest absolute Gasteiger partial charge is 0.474 e. The van der Waals surface area contributed by atoms with Crippen molar-refractivity contribution in [3.8, 4) is 5.88 Å². The zero-order chi connectivity index (χ0) is 20.9. The molecule has 0 unspecified atom stereocenters. The Morgan fingerprint density at radius 1 is 1.17 bits per heavy atom. The maximum atomic E-state index is 6.07. The molecule has 0 bridgehead atoms. The summed E-state index contributed by atoms with van der Waals surface area (Å²) in [5.41, 5.74) is 1.14.